The molecule has 1 unspecified atom stereocenters. The van der Waals surface area contributed by atoms with Crippen molar-refractivity contribution in [2.45, 2.75) is 24.3 Å². The fourth-order valence-corrected chi connectivity index (χ4v) is 3.63. The maximum atomic E-state index is 12.7. The molecular formula is C19H18F3NO2S. The molecule has 1 fully saturated rings. The van der Waals surface area contributed by atoms with Crippen molar-refractivity contribution >= 4 is 17.0 Å². The predicted octanol–water partition coefficient (Wildman–Crippen LogP) is 4.69. The third kappa shape index (κ3) is 5.17. The van der Waals surface area contributed by atoms with E-state index in [0.29, 0.717) is 30.9 Å². The third-order valence-electron chi connectivity index (χ3n) is 4.05. The van der Waals surface area contributed by atoms with Crippen molar-refractivity contribution in [1.82, 2.24) is 5.32 Å². The largest absolute Gasteiger partial charge is 0.493 e. The molecule has 1 amide bonds. The number of nitrogens with one attached hydrogen (secondary N) is 1. The van der Waals surface area contributed by atoms with Crippen molar-refractivity contribution in [3.63, 3.8) is 0 Å². The number of halogens is 3. The van der Waals surface area contributed by atoms with E-state index < -0.39 is 11.7 Å². The Hall–Kier alpha value is -2.15. The van der Waals surface area contributed by atoms with Crippen molar-refractivity contribution in [1.29, 1.82) is 0 Å². The Balaban J connectivity index is 1.48. The fraction of sp³-hybridized carbons (Fsp3) is 0.316. The van der Waals surface area contributed by atoms with Gasteiger partial charge in [-0.05, 0) is 35.7 Å². The van der Waals surface area contributed by atoms with Crippen LogP contribution in [0.15, 0.2) is 48.5 Å². The second-order valence-corrected chi connectivity index (χ2v) is 7.33. The van der Waals surface area contributed by atoms with Gasteiger partial charge in [0, 0.05) is 18.2 Å². The van der Waals surface area contributed by atoms with Crippen LogP contribution in [0.25, 0.3) is 0 Å². The maximum absolute atomic E-state index is 12.7. The molecular weight excluding hydrogens is 363 g/mol. The van der Waals surface area contributed by atoms with E-state index in [1.807, 2.05) is 24.3 Å². The zero-order valence-corrected chi connectivity index (χ0v) is 14.7. The molecule has 1 atom stereocenters. The standard InChI is InChI=1S/C19H18F3NO2S/c20-19(21,22)15-3-1-2-13(10-15)8-9-25-16-6-4-14(5-7-16)11-17-12-23-18(24)26-17/h1-7,10,17H,8-9,11-12H2,(H,23,24). The summed E-state index contributed by atoms with van der Waals surface area (Å²) >= 11 is 1.32. The van der Waals surface area contributed by atoms with Gasteiger partial charge in [0.2, 0.25) is 0 Å². The van der Waals surface area contributed by atoms with Gasteiger partial charge in [-0.3, -0.25) is 4.79 Å². The highest BCUT2D eigenvalue weighted by atomic mass is 32.2. The van der Waals surface area contributed by atoms with Crippen LogP contribution in [0.4, 0.5) is 18.0 Å². The van der Waals surface area contributed by atoms with Crippen LogP contribution in [0.1, 0.15) is 16.7 Å². The Bertz CT molecular complexity index is 762. The van der Waals surface area contributed by atoms with E-state index in [1.165, 1.54) is 17.8 Å². The van der Waals surface area contributed by atoms with Crippen LogP contribution in [0.3, 0.4) is 0 Å². The van der Waals surface area contributed by atoms with Crippen LogP contribution in [-0.2, 0) is 19.0 Å². The number of carbonyl (C=O) groups excluding carboxylic acids is 1. The van der Waals surface area contributed by atoms with E-state index in [0.717, 1.165) is 24.1 Å². The predicted molar refractivity (Wildman–Crippen MR) is 95.6 cm³/mol. The second kappa shape index (κ2) is 8.03. The van der Waals surface area contributed by atoms with Crippen LogP contribution < -0.4 is 10.1 Å². The molecule has 1 aliphatic rings. The monoisotopic (exact) mass is 381 g/mol. The molecule has 2 aromatic carbocycles. The topological polar surface area (TPSA) is 38.3 Å². The maximum Gasteiger partial charge on any atom is 0.416 e. The van der Waals surface area contributed by atoms with Gasteiger partial charge < -0.3 is 10.1 Å². The van der Waals surface area contributed by atoms with Crippen LogP contribution in [0.2, 0.25) is 0 Å². The molecule has 2 aromatic rings. The van der Waals surface area contributed by atoms with Crippen LogP contribution in [0, 0.1) is 0 Å². The Kier molecular flexibility index (Phi) is 5.76. The molecule has 0 radical (unpaired) electrons. The van der Waals surface area contributed by atoms with Gasteiger partial charge >= 0.3 is 6.18 Å². The first-order chi connectivity index (χ1) is 12.4. The minimum atomic E-state index is -4.33. The van der Waals surface area contributed by atoms with Gasteiger partial charge in [-0.2, -0.15) is 13.2 Å². The second-order valence-electron chi connectivity index (χ2n) is 6.05. The molecule has 26 heavy (non-hydrogen) atoms. The Morgan fingerprint density at radius 2 is 1.88 bits per heavy atom. The number of hydrogen-bond donors (Lipinski definition) is 1. The highest BCUT2D eigenvalue weighted by molar-refractivity contribution is 8.14. The lowest BCUT2D eigenvalue weighted by atomic mass is 10.1. The number of amides is 1. The fourth-order valence-electron chi connectivity index (χ4n) is 2.72. The highest BCUT2D eigenvalue weighted by Crippen LogP contribution is 2.29. The number of thioether (sulfide) groups is 1. The van der Waals surface area contributed by atoms with Gasteiger partial charge in [0.25, 0.3) is 5.24 Å². The summed E-state index contributed by atoms with van der Waals surface area (Å²) in [6, 6.07) is 12.9. The SMILES string of the molecule is O=C1NCC(Cc2ccc(OCCc3cccc(C(F)(F)F)c3)cc2)S1. The summed E-state index contributed by atoms with van der Waals surface area (Å²) in [5.74, 6) is 0.675. The summed E-state index contributed by atoms with van der Waals surface area (Å²) in [6.07, 6.45) is -3.13. The number of benzene rings is 2. The van der Waals surface area contributed by atoms with Crippen molar-refractivity contribution in [3.05, 3.63) is 65.2 Å². The lowest BCUT2D eigenvalue weighted by molar-refractivity contribution is -0.137. The van der Waals surface area contributed by atoms with Gasteiger partial charge in [-0.1, -0.05) is 42.1 Å². The van der Waals surface area contributed by atoms with Gasteiger partial charge in [-0.25, -0.2) is 0 Å². The first-order valence-corrected chi connectivity index (χ1v) is 9.10. The molecule has 7 heteroatoms. The van der Waals surface area contributed by atoms with Crippen LogP contribution in [-0.4, -0.2) is 23.6 Å². The Morgan fingerprint density at radius 3 is 2.54 bits per heavy atom. The minimum absolute atomic E-state index is 0.0181. The molecule has 138 valence electrons. The summed E-state index contributed by atoms with van der Waals surface area (Å²) in [5, 5.41) is 3.05. The molecule has 3 rings (SSSR count). The number of ether oxygens (including phenoxy) is 1. The number of rotatable bonds is 6. The molecule has 1 heterocycles. The molecule has 3 nitrogen and oxygen atoms in total. The smallest absolute Gasteiger partial charge is 0.416 e. The highest BCUT2D eigenvalue weighted by Gasteiger charge is 2.30. The molecule has 0 saturated carbocycles. The van der Waals surface area contributed by atoms with E-state index in [9.17, 15) is 18.0 Å². The van der Waals surface area contributed by atoms with E-state index in [4.69, 9.17) is 4.74 Å². The lowest BCUT2D eigenvalue weighted by Gasteiger charge is -2.10. The normalized spacial score (nSPS) is 17.2. The molecule has 1 saturated heterocycles. The lowest BCUT2D eigenvalue weighted by Crippen LogP contribution is -2.16. The number of alkyl halides is 3. The molecule has 0 bridgehead atoms. The molecule has 0 aliphatic carbocycles. The van der Waals surface area contributed by atoms with E-state index in [-0.39, 0.29) is 10.5 Å². The summed E-state index contributed by atoms with van der Waals surface area (Å²) in [7, 11) is 0. The van der Waals surface area contributed by atoms with E-state index >= 15 is 0 Å². The first kappa shape index (κ1) is 18.6. The molecule has 0 aromatic heterocycles. The van der Waals surface area contributed by atoms with Crippen molar-refractivity contribution in [2.75, 3.05) is 13.2 Å². The van der Waals surface area contributed by atoms with Gasteiger partial charge in [0.05, 0.1) is 12.2 Å². The van der Waals surface area contributed by atoms with Crippen molar-refractivity contribution in [2.24, 2.45) is 0 Å². The Labute approximate surface area is 153 Å². The average molecular weight is 381 g/mol. The van der Waals surface area contributed by atoms with Crippen LogP contribution in [0.5, 0.6) is 5.75 Å². The minimum Gasteiger partial charge on any atom is -0.493 e. The average Bonchev–Trinajstić information content (AvgIpc) is 3.01. The van der Waals surface area contributed by atoms with Crippen molar-refractivity contribution in [3.8, 4) is 5.75 Å². The first-order valence-electron chi connectivity index (χ1n) is 8.22. The van der Waals surface area contributed by atoms with Gasteiger partial charge in [-0.15, -0.1) is 0 Å². The number of carbonyl (C=O) groups is 1. The zero-order valence-electron chi connectivity index (χ0n) is 13.9. The van der Waals surface area contributed by atoms with E-state index in [1.54, 1.807) is 6.07 Å². The Morgan fingerprint density at radius 1 is 1.12 bits per heavy atom. The summed E-state index contributed by atoms with van der Waals surface area (Å²) < 4.78 is 43.7. The van der Waals surface area contributed by atoms with Crippen LogP contribution >= 0.6 is 11.8 Å². The molecule has 1 aliphatic heterocycles. The summed E-state index contributed by atoms with van der Waals surface area (Å²) in [4.78, 5) is 11.2. The molecule has 0 spiro atoms. The van der Waals surface area contributed by atoms with Crippen molar-refractivity contribution < 1.29 is 22.7 Å². The van der Waals surface area contributed by atoms with Gasteiger partial charge in [0.15, 0.2) is 0 Å². The third-order valence-corrected chi connectivity index (χ3v) is 5.07. The van der Waals surface area contributed by atoms with E-state index in [2.05, 4.69) is 5.32 Å². The summed E-state index contributed by atoms with van der Waals surface area (Å²) in [5.41, 5.74) is 1.06. The number of hydrogen-bond acceptors (Lipinski definition) is 3. The summed E-state index contributed by atoms with van der Waals surface area (Å²) in [6.45, 7) is 0.982. The quantitative estimate of drug-likeness (QED) is 0.789. The van der Waals surface area contributed by atoms with Gasteiger partial charge in [0.1, 0.15) is 5.75 Å². The molecule has 1 N–H and O–H groups in total. The zero-order chi connectivity index (χ0) is 18.6.